The normalized spacial score (nSPS) is 21.3. The number of hydrogen-bond donors (Lipinski definition) is 2. The summed E-state index contributed by atoms with van der Waals surface area (Å²) in [4.78, 5) is 0. The maximum Gasteiger partial charge on any atom is 0.0303 e. The highest BCUT2D eigenvalue weighted by Crippen LogP contribution is 2.30. The lowest BCUT2D eigenvalue weighted by Crippen LogP contribution is -2.20. The van der Waals surface area contributed by atoms with Gasteiger partial charge in [0.25, 0.3) is 0 Å². The van der Waals surface area contributed by atoms with E-state index in [4.69, 9.17) is 5.73 Å². The van der Waals surface area contributed by atoms with Crippen molar-refractivity contribution in [3.05, 3.63) is 33.9 Å². The van der Waals surface area contributed by atoms with Crippen molar-refractivity contribution in [2.75, 3.05) is 13.1 Å². The molecule has 1 fully saturated rings. The predicted molar refractivity (Wildman–Crippen MR) is 77.9 cm³/mol. The van der Waals surface area contributed by atoms with Crippen molar-refractivity contribution in [3.8, 4) is 0 Å². The summed E-state index contributed by atoms with van der Waals surface area (Å²) in [7, 11) is 0. The van der Waals surface area contributed by atoms with E-state index in [0.717, 1.165) is 25.4 Å². The fourth-order valence-corrected chi connectivity index (χ4v) is 3.20. The van der Waals surface area contributed by atoms with Gasteiger partial charge < -0.3 is 11.1 Å². The molecule has 3 N–H and O–H groups in total. The first-order chi connectivity index (χ1) is 8.50. The van der Waals surface area contributed by atoms with Crippen LogP contribution >= 0.6 is 0 Å². The molecule has 0 amide bonds. The number of nitrogens with two attached hydrogens (primary N) is 1. The summed E-state index contributed by atoms with van der Waals surface area (Å²) in [5, 5.41) is 3.43. The molecule has 1 heterocycles. The molecule has 100 valence electrons. The van der Waals surface area contributed by atoms with Crippen molar-refractivity contribution in [1.82, 2.24) is 5.32 Å². The lowest BCUT2D eigenvalue weighted by molar-refractivity contribution is 0.470. The third-order valence-corrected chi connectivity index (χ3v) is 4.54. The summed E-state index contributed by atoms with van der Waals surface area (Å²) in [5.41, 5.74) is 13.4. The number of nitrogens with one attached hydrogen (secondary N) is 1. The summed E-state index contributed by atoms with van der Waals surface area (Å²) in [5.74, 6) is 0.750. The standard InChI is InChI=1S/C16H26N2/c1-10-7-11(2)13(4)16(12(10)3)15(17)8-14-5-6-18-9-14/h7,14-15,18H,5-6,8-9,17H2,1-4H3. The highest BCUT2D eigenvalue weighted by atomic mass is 14.9. The van der Waals surface area contributed by atoms with Gasteiger partial charge >= 0.3 is 0 Å². The van der Waals surface area contributed by atoms with Gasteiger partial charge in [-0.3, -0.25) is 0 Å². The Morgan fingerprint density at radius 2 is 1.83 bits per heavy atom. The zero-order valence-corrected chi connectivity index (χ0v) is 12.1. The van der Waals surface area contributed by atoms with Gasteiger partial charge in [0.1, 0.15) is 0 Å². The maximum atomic E-state index is 6.49. The van der Waals surface area contributed by atoms with Crippen LogP contribution in [0.1, 0.15) is 46.7 Å². The molecule has 2 unspecified atom stereocenters. The number of benzene rings is 1. The lowest BCUT2D eigenvalue weighted by atomic mass is 9.86. The average molecular weight is 246 g/mol. The van der Waals surface area contributed by atoms with Gasteiger partial charge in [-0.05, 0) is 87.4 Å². The molecule has 0 saturated carbocycles. The second kappa shape index (κ2) is 5.41. The van der Waals surface area contributed by atoms with E-state index in [1.807, 2.05) is 0 Å². The molecule has 2 atom stereocenters. The van der Waals surface area contributed by atoms with Crippen LogP contribution in [-0.4, -0.2) is 13.1 Å². The Morgan fingerprint density at radius 1 is 1.22 bits per heavy atom. The van der Waals surface area contributed by atoms with Crippen molar-refractivity contribution < 1.29 is 0 Å². The van der Waals surface area contributed by atoms with E-state index in [1.54, 1.807) is 0 Å². The van der Waals surface area contributed by atoms with Crippen LogP contribution in [0.4, 0.5) is 0 Å². The van der Waals surface area contributed by atoms with E-state index in [9.17, 15) is 0 Å². The van der Waals surface area contributed by atoms with Crippen molar-refractivity contribution in [2.24, 2.45) is 11.7 Å². The predicted octanol–water partition coefficient (Wildman–Crippen LogP) is 2.92. The number of aryl methyl sites for hydroxylation is 2. The molecule has 1 saturated heterocycles. The highest BCUT2D eigenvalue weighted by Gasteiger charge is 2.21. The minimum atomic E-state index is 0.188. The van der Waals surface area contributed by atoms with Crippen LogP contribution in [0.15, 0.2) is 6.07 Å². The summed E-state index contributed by atoms with van der Waals surface area (Å²) >= 11 is 0. The molecule has 0 aromatic heterocycles. The van der Waals surface area contributed by atoms with Crippen LogP contribution in [0.5, 0.6) is 0 Å². The quantitative estimate of drug-likeness (QED) is 0.860. The first kappa shape index (κ1) is 13.6. The molecule has 0 aliphatic carbocycles. The third-order valence-electron chi connectivity index (χ3n) is 4.54. The third kappa shape index (κ3) is 2.60. The van der Waals surface area contributed by atoms with Crippen LogP contribution in [-0.2, 0) is 0 Å². The summed E-state index contributed by atoms with van der Waals surface area (Å²) in [6.07, 6.45) is 2.38. The second-order valence-electron chi connectivity index (χ2n) is 5.88. The van der Waals surface area contributed by atoms with Crippen LogP contribution in [0, 0.1) is 33.6 Å². The minimum absolute atomic E-state index is 0.188. The molecule has 1 aromatic rings. The Bertz CT molecular complexity index is 405. The molecule has 2 heteroatoms. The van der Waals surface area contributed by atoms with Gasteiger partial charge in [-0.15, -0.1) is 0 Å². The van der Waals surface area contributed by atoms with Crippen LogP contribution in [0.3, 0.4) is 0 Å². The van der Waals surface area contributed by atoms with E-state index in [0.29, 0.717) is 0 Å². The summed E-state index contributed by atoms with van der Waals surface area (Å²) < 4.78 is 0. The van der Waals surface area contributed by atoms with E-state index in [2.05, 4.69) is 39.1 Å². The largest absolute Gasteiger partial charge is 0.324 e. The fraction of sp³-hybridized carbons (Fsp3) is 0.625. The Kier molecular flexibility index (Phi) is 4.08. The smallest absolute Gasteiger partial charge is 0.0303 e. The van der Waals surface area contributed by atoms with Gasteiger partial charge in [-0.1, -0.05) is 6.07 Å². The maximum absolute atomic E-state index is 6.49. The van der Waals surface area contributed by atoms with Gasteiger partial charge in [-0.2, -0.15) is 0 Å². The van der Waals surface area contributed by atoms with E-state index in [1.165, 1.54) is 34.2 Å². The molecular weight excluding hydrogens is 220 g/mol. The van der Waals surface area contributed by atoms with E-state index in [-0.39, 0.29) is 6.04 Å². The molecule has 0 spiro atoms. The second-order valence-corrected chi connectivity index (χ2v) is 5.88. The molecule has 0 bridgehead atoms. The van der Waals surface area contributed by atoms with Gasteiger partial charge in [0.05, 0.1) is 0 Å². The van der Waals surface area contributed by atoms with Crippen LogP contribution in [0.2, 0.25) is 0 Å². The van der Waals surface area contributed by atoms with Gasteiger partial charge in [0, 0.05) is 6.04 Å². The summed E-state index contributed by atoms with van der Waals surface area (Å²) in [6, 6.07) is 2.46. The fourth-order valence-electron chi connectivity index (χ4n) is 3.20. The van der Waals surface area contributed by atoms with Crippen molar-refractivity contribution in [2.45, 2.75) is 46.6 Å². The average Bonchev–Trinajstić information content (AvgIpc) is 2.79. The molecule has 2 nitrogen and oxygen atoms in total. The molecule has 2 rings (SSSR count). The topological polar surface area (TPSA) is 38.0 Å². The van der Waals surface area contributed by atoms with Gasteiger partial charge in [-0.25, -0.2) is 0 Å². The van der Waals surface area contributed by atoms with Crippen molar-refractivity contribution in [3.63, 3.8) is 0 Å². The SMILES string of the molecule is Cc1cc(C)c(C)c(C(N)CC2CCNC2)c1C. The Labute approximate surface area is 111 Å². The summed E-state index contributed by atoms with van der Waals surface area (Å²) in [6.45, 7) is 11.1. The molecule has 18 heavy (non-hydrogen) atoms. The van der Waals surface area contributed by atoms with Crippen LogP contribution < -0.4 is 11.1 Å². The Balaban J connectivity index is 2.25. The van der Waals surface area contributed by atoms with Gasteiger partial charge in [0.15, 0.2) is 0 Å². The Hall–Kier alpha value is -0.860. The van der Waals surface area contributed by atoms with Gasteiger partial charge in [0.2, 0.25) is 0 Å². The monoisotopic (exact) mass is 246 g/mol. The first-order valence-corrected chi connectivity index (χ1v) is 7.04. The first-order valence-electron chi connectivity index (χ1n) is 7.04. The van der Waals surface area contributed by atoms with Crippen molar-refractivity contribution >= 4 is 0 Å². The molecular formula is C16H26N2. The van der Waals surface area contributed by atoms with Crippen LogP contribution in [0.25, 0.3) is 0 Å². The number of rotatable bonds is 3. The van der Waals surface area contributed by atoms with E-state index < -0.39 is 0 Å². The zero-order valence-electron chi connectivity index (χ0n) is 12.1. The molecule has 0 radical (unpaired) electrons. The number of hydrogen-bond acceptors (Lipinski definition) is 2. The molecule has 1 aliphatic rings. The molecule has 1 aromatic carbocycles. The van der Waals surface area contributed by atoms with Crippen molar-refractivity contribution in [1.29, 1.82) is 0 Å². The minimum Gasteiger partial charge on any atom is -0.324 e. The zero-order chi connectivity index (χ0) is 13.3. The highest BCUT2D eigenvalue weighted by molar-refractivity contribution is 5.45. The lowest BCUT2D eigenvalue weighted by Gasteiger charge is -2.23. The molecule has 1 aliphatic heterocycles. The Morgan fingerprint density at radius 3 is 2.33 bits per heavy atom. The van der Waals surface area contributed by atoms with E-state index >= 15 is 0 Å².